The van der Waals surface area contributed by atoms with Gasteiger partial charge < -0.3 is 9.64 Å². The van der Waals surface area contributed by atoms with Crippen molar-refractivity contribution in [3.63, 3.8) is 0 Å². The van der Waals surface area contributed by atoms with Crippen molar-refractivity contribution in [3.8, 4) is 5.75 Å². The van der Waals surface area contributed by atoms with Gasteiger partial charge in [-0.1, -0.05) is 18.2 Å². The van der Waals surface area contributed by atoms with E-state index in [1.807, 2.05) is 43.0 Å². The van der Waals surface area contributed by atoms with E-state index in [0.29, 0.717) is 45.4 Å². The molecule has 7 heteroatoms. The predicted molar refractivity (Wildman–Crippen MR) is 105 cm³/mol. The molecule has 1 atom stereocenters. The molecule has 1 amide bonds. The lowest BCUT2D eigenvalue weighted by molar-refractivity contribution is -0.131. The molecule has 1 aromatic carbocycles. The maximum absolute atomic E-state index is 12.7. The number of ether oxygens (including phenoxy) is 1. The van der Waals surface area contributed by atoms with Gasteiger partial charge in [0.05, 0.1) is 6.26 Å². The van der Waals surface area contributed by atoms with Gasteiger partial charge in [0.25, 0.3) is 0 Å². The second-order valence-corrected chi connectivity index (χ2v) is 9.64. The number of amides is 1. The molecule has 0 bridgehead atoms. The molecule has 0 N–H and O–H groups in total. The summed E-state index contributed by atoms with van der Waals surface area (Å²) in [5, 5.41) is 0. The van der Waals surface area contributed by atoms with Crippen LogP contribution in [0.3, 0.4) is 0 Å². The Hall–Kier alpha value is -1.60. The van der Waals surface area contributed by atoms with Gasteiger partial charge in [0.1, 0.15) is 11.4 Å². The molecule has 3 rings (SSSR count). The minimum absolute atomic E-state index is 0.104. The number of hydrogen-bond acceptors (Lipinski definition) is 4. The number of para-hydroxylation sites is 1. The highest BCUT2D eigenvalue weighted by atomic mass is 32.2. The number of carbonyl (C=O) groups is 1. The minimum atomic E-state index is -3.18. The number of fused-ring (bicyclic) bond motifs is 1. The van der Waals surface area contributed by atoms with Crippen LogP contribution in [-0.4, -0.2) is 61.6 Å². The maximum Gasteiger partial charge on any atom is 0.223 e. The van der Waals surface area contributed by atoms with Crippen LogP contribution in [-0.2, 0) is 14.8 Å². The smallest absolute Gasteiger partial charge is 0.223 e. The first-order valence-electron chi connectivity index (χ1n) is 9.79. The monoisotopic (exact) mass is 394 g/mol. The van der Waals surface area contributed by atoms with Crippen molar-refractivity contribution in [2.24, 2.45) is 0 Å². The van der Waals surface area contributed by atoms with E-state index in [-0.39, 0.29) is 17.4 Å². The third-order valence-corrected chi connectivity index (χ3v) is 7.25. The van der Waals surface area contributed by atoms with E-state index in [4.69, 9.17) is 4.74 Å². The van der Waals surface area contributed by atoms with E-state index in [1.54, 1.807) is 0 Å². The summed E-state index contributed by atoms with van der Waals surface area (Å²) in [5.74, 6) is 1.12. The first-order valence-corrected chi connectivity index (χ1v) is 11.6. The zero-order valence-corrected chi connectivity index (χ0v) is 17.3. The lowest BCUT2D eigenvalue weighted by atomic mass is 9.76. The van der Waals surface area contributed by atoms with Gasteiger partial charge >= 0.3 is 0 Å². The summed E-state index contributed by atoms with van der Waals surface area (Å²) in [7, 11) is -3.18. The fourth-order valence-corrected chi connectivity index (χ4v) is 5.22. The Balaban J connectivity index is 1.82. The van der Waals surface area contributed by atoms with Gasteiger partial charge in [-0.3, -0.25) is 4.79 Å². The molecule has 2 aliphatic rings. The Labute approximate surface area is 162 Å². The number of hydrogen-bond donors (Lipinski definition) is 0. The SMILES string of the molecule is CCN(CC)C(=O)C[C@@H]1CC2(CCN(S(C)(=O)=O)CC2)Oc2ccccc21. The molecule has 150 valence electrons. The van der Waals surface area contributed by atoms with Crippen LogP contribution in [0, 0.1) is 0 Å². The number of piperidine rings is 1. The van der Waals surface area contributed by atoms with Crippen LogP contribution in [0.4, 0.5) is 0 Å². The van der Waals surface area contributed by atoms with Crippen LogP contribution in [0.15, 0.2) is 24.3 Å². The second-order valence-electron chi connectivity index (χ2n) is 7.66. The van der Waals surface area contributed by atoms with Crippen LogP contribution in [0.2, 0.25) is 0 Å². The van der Waals surface area contributed by atoms with Crippen LogP contribution in [0.5, 0.6) is 5.75 Å². The van der Waals surface area contributed by atoms with E-state index in [2.05, 4.69) is 0 Å². The molecular formula is C20H30N2O4S. The van der Waals surface area contributed by atoms with E-state index in [0.717, 1.165) is 17.7 Å². The zero-order valence-electron chi connectivity index (χ0n) is 16.5. The third-order valence-electron chi connectivity index (χ3n) is 5.94. The minimum Gasteiger partial charge on any atom is -0.487 e. The fraction of sp³-hybridized carbons (Fsp3) is 0.650. The van der Waals surface area contributed by atoms with Gasteiger partial charge in [0.2, 0.25) is 15.9 Å². The zero-order chi connectivity index (χ0) is 19.7. The number of carbonyl (C=O) groups excluding carboxylic acids is 1. The molecule has 6 nitrogen and oxygen atoms in total. The molecule has 2 aliphatic heterocycles. The van der Waals surface area contributed by atoms with Crippen molar-refractivity contribution < 1.29 is 17.9 Å². The highest BCUT2D eigenvalue weighted by molar-refractivity contribution is 7.88. The van der Waals surface area contributed by atoms with Crippen LogP contribution in [0.1, 0.15) is 51.0 Å². The Kier molecular flexibility index (Phi) is 5.82. The third kappa shape index (κ3) is 4.29. The lowest BCUT2D eigenvalue weighted by Crippen LogP contribution is -2.51. The number of sulfonamides is 1. The van der Waals surface area contributed by atoms with Crippen molar-refractivity contribution in [2.45, 2.75) is 51.0 Å². The van der Waals surface area contributed by atoms with E-state index < -0.39 is 10.0 Å². The average Bonchev–Trinajstić information content (AvgIpc) is 2.62. The molecule has 1 saturated heterocycles. The molecule has 1 fully saturated rings. The van der Waals surface area contributed by atoms with Gasteiger partial charge in [-0.2, -0.15) is 0 Å². The topological polar surface area (TPSA) is 66.9 Å². The van der Waals surface area contributed by atoms with Gasteiger partial charge in [-0.25, -0.2) is 12.7 Å². The van der Waals surface area contributed by atoms with Crippen molar-refractivity contribution in [1.29, 1.82) is 0 Å². The first-order chi connectivity index (χ1) is 12.8. The van der Waals surface area contributed by atoms with Crippen molar-refractivity contribution in [1.82, 2.24) is 9.21 Å². The summed E-state index contributed by atoms with van der Waals surface area (Å²) in [6, 6.07) is 7.95. The summed E-state index contributed by atoms with van der Waals surface area (Å²) in [6.45, 7) is 6.38. The Morgan fingerprint density at radius 3 is 2.44 bits per heavy atom. The van der Waals surface area contributed by atoms with Crippen LogP contribution >= 0.6 is 0 Å². The average molecular weight is 395 g/mol. The molecule has 0 aromatic heterocycles. The van der Waals surface area contributed by atoms with Gasteiger partial charge in [0.15, 0.2) is 0 Å². The van der Waals surface area contributed by atoms with Gasteiger partial charge in [-0.05, 0) is 31.9 Å². The highest BCUT2D eigenvalue weighted by Crippen LogP contribution is 2.46. The van der Waals surface area contributed by atoms with E-state index >= 15 is 0 Å². The number of nitrogens with zero attached hydrogens (tertiary/aromatic N) is 2. The summed E-state index contributed by atoms with van der Waals surface area (Å²) < 4.78 is 31.6. The molecule has 0 aliphatic carbocycles. The van der Waals surface area contributed by atoms with Crippen molar-refractivity contribution in [2.75, 3.05) is 32.4 Å². The number of rotatable bonds is 5. The Morgan fingerprint density at radius 2 is 1.85 bits per heavy atom. The van der Waals surface area contributed by atoms with E-state index in [9.17, 15) is 13.2 Å². The first kappa shape index (κ1) is 20.1. The normalized spacial score (nSPS) is 22.1. The van der Waals surface area contributed by atoms with Crippen LogP contribution in [0.25, 0.3) is 0 Å². The summed E-state index contributed by atoms with van der Waals surface area (Å²) in [5.41, 5.74) is 0.707. The summed E-state index contributed by atoms with van der Waals surface area (Å²) >= 11 is 0. The molecule has 0 radical (unpaired) electrons. The highest BCUT2D eigenvalue weighted by Gasteiger charge is 2.44. The predicted octanol–water partition coefficient (Wildman–Crippen LogP) is 2.61. The second kappa shape index (κ2) is 7.80. The molecule has 0 unspecified atom stereocenters. The van der Waals surface area contributed by atoms with Gasteiger partial charge in [0, 0.05) is 51.4 Å². The van der Waals surface area contributed by atoms with Gasteiger partial charge in [-0.15, -0.1) is 0 Å². The quantitative estimate of drug-likeness (QED) is 0.770. The Morgan fingerprint density at radius 1 is 1.22 bits per heavy atom. The molecular weight excluding hydrogens is 364 g/mol. The van der Waals surface area contributed by atoms with Crippen molar-refractivity contribution in [3.05, 3.63) is 29.8 Å². The standard InChI is InChI=1S/C20H30N2O4S/c1-4-21(5-2)19(23)14-16-15-20(26-18-9-7-6-8-17(16)18)10-12-22(13-11-20)27(3,24)25/h6-9,16H,4-5,10-15H2,1-3H3/t16-/m1/s1. The maximum atomic E-state index is 12.7. The Bertz CT molecular complexity index is 781. The lowest BCUT2D eigenvalue weighted by Gasteiger charge is -2.46. The summed E-state index contributed by atoms with van der Waals surface area (Å²) in [4.78, 5) is 14.6. The largest absolute Gasteiger partial charge is 0.487 e. The van der Waals surface area contributed by atoms with E-state index in [1.165, 1.54) is 10.6 Å². The van der Waals surface area contributed by atoms with Crippen molar-refractivity contribution >= 4 is 15.9 Å². The molecule has 0 saturated carbocycles. The molecule has 1 spiro atoms. The number of benzene rings is 1. The summed E-state index contributed by atoms with van der Waals surface area (Å²) in [6.07, 6.45) is 3.80. The molecule has 1 aromatic rings. The molecule has 2 heterocycles. The molecule has 27 heavy (non-hydrogen) atoms. The van der Waals surface area contributed by atoms with Crippen LogP contribution < -0.4 is 4.74 Å². The fourth-order valence-electron chi connectivity index (χ4n) is 4.37.